The number of amides is 1. The van der Waals surface area contributed by atoms with E-state index in [-0.39, 0.29) is 17.0 Å². The van der Waals surface area contributed by atoms with E-state index in [1.807, 2.05) is 46.1 Å². The van der Waals surface area contributed by atoms with Crippen molar-refractivity contribution >= 4 is 17.7 Å². The number of hydrogen-bond acceptors (Lipinski definition) is 2. The number of rotatable bonds is 3. The number of hydrogen-bond donors (Lipinski definition) is 0. The highest BCUT2D eigenvalue weighted by atomic mass is 32.2. The van der Waals surface area contributed by atoms with Gasteiger partial charge in [-0.1, -0.05) is 18.2 Å². The van der Waals surface area contributed by atoms with Crippen LogP contribution in [-0.4, -0.2) is 34.2 Å². The molecule has 1 fully saturated rings. The molecule has 2 aromatic rings. The molecule has 3 rings (SSSR count). The Hall–Kier alpha value is -1.75. The number of aromatic nitrogens is 1. The van der Waals surface area contributed by atoms with E-state index in [1.165, 1.54) is 6.07 Å². The maximum Gasteiger partial charge on any atom is 0.242 e. The van der Waals surface area contributed by atoms with E-state index in [2.05, 4.69) is 0 Å². The molecule has 116 valence electrons. The lowest BCUT2D eigenvalue weighted by Crippen LogP contribution is -2.35. The van der Waals surface area contributed by atoms with Crippen molar-refractivity contribution in [1.29, 1.82) is 0 Å². The molecular weight excluding hydrogens is 299 g/mol. The molecule has 1 saturated heterocycles. The Balaban J connectivity index is 1.62. The van der Waals surface area contributed by atoms with Gasteiger partial charge < -0.3 is 9.47 Å². The molecule has 0 radical (unpaired) electrons. The number of carbonyl (C=O) groups is 1. The summed E-state index contributed by atoms with van der Waals surface area (Å²) < 4.78 is 15.8. The Bertz CT molecular complexity index is 629. The number of halogens is 1. The molecule has 1 amide bonds. The molecular formula is C17H19FN2OS. The summed E-state index contributed by atoms with van der Waals surface area (Å²) in [5, 5.41) is 0.130. The first-order chi connectivity index (χ1) is 10.7. The van der Waals surface area contributed by atoms with Crippen molar-refractivity contribution in [1.82, 2.24) is 9.47 Å². The van der Waals surface area contributed by atoms with Crippen LogP contribution in [0.25, 0.3) is 0 Å². The molecule has 0 bridgehead atoms. The zero-order chi connectivity index (χ0) is 15.4. The summed E-state index contributed by atoms with van der Waals surface area (Å²) in [5.74, 6) is 0.828. The van der Waals surface area contributed by atoms with E-state index in [1.54, 1.807) is 17.8 Å². The van der Waals surface area contributed by atoms with E-state index in [4.69, 9.17) is 0 Å². The first-order valence-corrected chi connectivity index (χ1v) is 8.53. The molecule has 22 heavy (non-hydrogen) atoms. The third-order valence-corrected chi connectivity index (χ3v) is 5.24. The van der Waals surface area contributed by atoms with Crippen molar-refractivity contribution in [2.45, 2.75) is 18.2 Å². The monoisotopic (exact) mass is 318 g/mol. The zero-order valence-electron chi connectivity index (χ0n) is 12.3. The summed E-state index contributed by atoms with van der Waals surface area (Å²) in [5.41, 5.74) is 0.757. The molecule has 5 heteroatoms. The van der Waals surface area contributed by atoms with Crippen LogP contribution in [0.3, 0.4) is 0 Å². The van der Waals surface area contributed by atoms with Crippen LogP contribution >= 0.6 is 11.8 Å². The molecule has 0 N–H and O–H groups in total. The van der Waals surface area contributed by atoms with Crippen LogP contribution < -0.4 is 0 Å². The maximum atomic E-state index is 13.9. The molecule has 1 aliphatic heterocycles. The molecule has 2 heterocycles. The van der Waals surface area contributed by atoms with Crippen LogP contribution in [0.4, 0.5) is 4.39 Å². The lowest BCUT2D eigenvalue weighted by atomic mass is 10.1. The van der Waals surface area contributed by atoms with Gasteiger partial charge in [0.25, 0.3) is 0 Å². The van der Waals surface area contributed by atoms with E-state index in [0.717, 1.165) is 24.3 Å². The second-order valence-corrected chi connectivity index (χ2v) is 6.72. The molecule has 1 aromatic heterocycles. The minimum atomic E-state index is -0.146. The normalized spacial score (nSPS) is 19.0. The van der Waals surface area contributed by atoms with Gasteiger partial charge in [-0.2, -0.15) is 11.8 Å². The van der Waals surface area contributed by atoms with Crippen molar-refractivity contribution in [3.8, 4) is 0 Å². The third-order valence-electron chi connectivity index (χ3n) is 3.93. The smallest absolute Gasteiger partial charge is 0.242 e. The Labute approximate surface area is 134 Å². The first-order valence-electron chi connectivity index (χ1n) is 7.48. The van der Waals surface area contributed by atoms with Gasteiger partial charge in [0.2, 0.25) is 5.91 Å². The third kappa shape index (κ3) is 3.53. The predicted molar refractivity (Wildman–Crippen MR) is 87.2 cm³/mol. The average Bonchev–Trinajstić information content (AvgIpc) is 2.90. The summed E-state index contributed by atoms with van der Waals surface area (Å²) in [6.07, 6.45) is 4.59. The lowest BCUT2D eigenvalue weighted by molar-refractivity contribution is -0.131. The van der Waals surface area contributed by atoms with Crippen molar-refractivity contribution in [2.75, 3.05) is 18.8 Å². The summed E-state index contributed by atoms with van der Waals surface area (Å²) in [6.45, 7) is 1.80. The van der Waals surface area contributed by atoms with Gasteiger partial charge in [0.15, 0.2) is 0 Å². The van der Waals surface area contributed by atoms with Crippen molar-refractivity contribution in [2.24, 2.45) is 0 Å². The molecule has 0 spiro atoms. The van der Waals surface area contributed by atoms with Gasteiger partial charge >= 0.3 is 0 Å². The number of thioether (sulfide) groups is 1. The van der Waals surface area contributed by atoms with Crippen LogP contribution in [-0.2, 0) is 11.3 Å². The van der Waals surface area contributed by atoms with Gasteiger partial charge in [-0.15, -0.1) is 0 Å². The van der Waals surface area contributed by atoms with Crippen LogP contribution in [0.15, 0.2) is 48.8 Å². The topological polar surface area (TPSA) is 25.2 Å². The molecule has 1 atom stereocenters. The van der Waals surface area contributed by atoms with E-state index >= 15 is 0 Å². The summed E-state index contributed by atoms with van der Waals surface area (Å²) in [7, 11) is 0. The summed E-state index contributed by atoms with van der Waals surface area (Å²) >= 11 is 1.74. The van der Waals surface area contributed by atoms with Gasteiger partial charge in [-0.3, -0.25) is 4.79 Å². The number of nitrogens with zero attached hydrogens (tertiary/aromatic N) is 2. The van der Waals surface area contributed by atoms with Crippen LogP contribution in [0, 0.1) is 5.82 Å². The van der Waals surface area contributed by atoms with Crippen molar-refractivity contribution < 1.29 is 9.18 Å². The predicted octanol–water partition coefficient (Wildman–Crippen LogP) is 3.33. The molecule has 3 nitrogen and oxygen atoms in total. The molecule has 1 aromatic carbocycles. The zero-order valence-corrected chi connectivity index (χ0v) is 13.1. The standard InChI is InChI=1S/C17H19FN2OS/c18-15-6-2-1-5-14(15)16-7-10-20(11-12-22-16)17(21)13-19-8-3-4-9-19/h1-6,8-9,16H,7,10-13H2. The maximum absolute atomic E-state index is 13.9. The van der Waals surface area contributed by atoms with Gasteiger partial charge in [-0.25, -0.2) is 4.39 Å². The van der Waals surface area contributed by atoms with Gasteiger partial charge in [0.1, 0.15) is 12.4 Å². The highest BCUT2D eigenvalue weighted by Crippen LogP contribution is 2.35. The fraction of sp³-hybridized carbons (Fsp3) is 0.353. The van der Waals surface area contributed by atoms with Gasteiger partial charge in [0.05, 0.1) is 0 Å². The Morgan fingerprint density at radius 2 is 1.95 bits per heavy atom. The SMILES string of the molecule is O=C(Cn1cccc1)N1CCSC(c2ccccc2F)CC1. The van der Waals surface area contributed by atoms with Crippen LogP contribution in [0.1, 0.15) is 17.2 Å². The van der Waals surface area contributed by atoms with Crippen molar-refractivity contribution in [3.05, 3.63) is 60.2 Å². The van der Waals surface area contributed by atoms with Crippen LogP contribution in [0.2, 0.25) is 0 Å². The lowest BCUT2D eigenvalue weighted by Gasteiger charge is -2.20. The Morgan fingerprint density at radius 3 is 2.73 bits per heavy atom. The minimum absolute atomic E-state index is 0.130. The number of benzene rings is 1. The first kappa shape index (κ1) is 15.2. The van der Waals surface area contributed by atoms with E-state index in [0.29, 0.717) is 13.1 Å². The fourth-order valence-corrected chi connectivity index (χ4v) is 3.99. The second-order valence-electron chi connectivity index (χ2n) is 5.41. The average molecular weight is 318 g/mol. The quantitative estimate of drug-likeness (QED) is 0.867. The van der Waals surface area contributed by atoms with Crippen molar-refractivity contribution in [3.63, 3.8) is 0 Å². The molecule has 0 saturated carbocycles. The van der Waals surface area contributed by atoms with E-state index in [9.17, 15) is 9.18 Å². The highest BCUT2D eigenvalue weighted by Gasteiger charge is 2.23. The van der Waals surface area contributed by atoms with Crippen LogP contribution in [0.5, 0.6) is 0 Å². The summed E-state index contributed by atoms with van der Waals surface area (Å²) in [4.78, 5) is 14.2. The summed E-state index contributed by atoms with van der Waals surface area (Å²) in [6, 6.07) is 10.8. The second kappa shape index (κ2) is 7.01. The number of carbonyl (C=O) groups excluding carboxylic acids is 1. The highest BCUT2D eigenvalue weighted by molar-refractivity contribution is 7.99. The molecule has 1 aliphatic rings. The molecule has 0 aliphatic carbocycles. The Morgan fingerprint density at radius 1 is 1.18 bits per heavy atom. The Kier molecular flexibility index (Phi) is 4.83. The fourth-order valence-electron chi connectivity index (χ4n) is 2.74. The largest absolute Gasteiger partial charge is 0.345 e. The minimum Gasteiger partial charge on any atom is -0.345 e. The van der Waals surface area contributed by atoms with E-state index < -0.39 is 0 Å². The molecule has 1 unspecified atom stereocenters. The van der Waals surface area contributed by atoms with Gasteiger partial charge in [0, 0.05) is 42.0 Å². The van der Waals surface area contributed by atoms with Gasteiger partial charge in [-0.05, 0) is 24.6 Å².